The lowest BCUT2D eigenvalue weighted by atomic mass is 10.5. The summed E-state index contributed by atoms with van der Waals surface area (Å²) in [5.74, 6) is -0.878. The predicted octanol–water partition coefficient (Wildman–Crippen LogP) is -0.921. The van der Waals surface area contributed by atoms with Gasteiger partial charge in [0, 0.05) is 6.04 Å². The summed E-state index contributed by atoms with van der Waals surface area (Å²) in [4.78, 5) is 34.9. The molecule has 17 heavy (non-hydrogen) atoms. The minimum atomic E-state index is -0.482. The molecule has 0 aliphatic heterocycles. The summed E-state index contributed by atoms with van der Waals surface area (Å²) >= 11 is 0. The first-order valence-corrected chi connectivity index (χ1v) is 5.37. The van der Waals surface area contributed by atoms with Crippen LogP contribution >= 0.6 is 0 Å². The van der Waals surface area contributed by atoms with E-state index >= 15 is 0 Å². The van der Waals surface area contributed by atoms with Gasteiger partial charge >= 0.3 is 12.0 Å². The zero-order chi connectivity index (χ0) is 12.8. The first kappa shape index (κ1) is 13.4. The monoisotopic (exact) mass is 243 g/mol. The smallest absolute Gasteiger partial charge is 0.321 e. The number of ether oxygens (including phenoxy) is 1. The van der Waals surface area contributed by atoms with Gasteiger partial charge in [-0.25, -0.2) is 4.79 Å². The van der Waals surface area contributed by atoms with Gasteiger partial charge in [0.15, 0.2) is 0 Å². The van der Waals surface area contributed by atoms with Crippen molar-refractivity contribution in [1.29, 1.82) is 0 Å². The quantitative estimate of drug-likeness (QED) is 0.610. The third kappa shape index (κ3) is 5.86. The van der Waals surface area contributed by atoms with Crippen LogP contribution in [-0.2, 0) is 14.3 Å². The Morgan fingerprint density at radius 1 is 1.29 bits per heavy atom. The lowest BCUT2D eigenvalue weighted by Crippen LogP contribution is -2.45. The SMILES string of the molecule is COC(=O)CN(C)CC(=O)NC(=O)NC1CC1. The molecule has 2 N–H and O–H groups in total. The Kier molecular flexibility index (Phi) is 4.89. The standard InChI is InChI=1S/C10H17N3O4/c1-13(6-9(15)17-2)5-8(14)12-10(16)11-7-3-4-7/h7H,3-6H2,1-2H3,(H2,11,12,14,16). The van der Waals surface area contributed by atoms with Crippen LogP contribution in [0.5, 0.6) is 0 Å². The molecule has 96 valence electrons. The molecule has 1 aliphatic rings. The Balaban J connectivity index is 2.18. The third-order valence-corrected chi connectivity index (χ3v) is 2.21. The molecule has 7 nitrogen and oxygen atoms in total. The van der Waals surface area contributed by atoms with E-state index in [2.05, 4.69) is 15.4 Å². The van der Waals surface area contributed by atoms with Crippen LogP contribution in [0.4, 0.5) is 4.79 Å². The van der Waals surface area contributed by atoms with Gasteiger partial charge in [-0.15, -0.1) is 0 Å². The highest BCUT2D eigenvalue weighted by Crippen LogP contribution is 2.18. The highest BCUT2D eigenvalue weighted by Gasteiger charge is 2.24. The molecule has 7 heteroatoms. The van der Waals surface area contributed by atoms with Crippen molar-refractivity contribution in [1.82, 2.24) is 15.5 Å². The molecule has 0 aromatic rings. The van der Waals surface area contributed by atoms with E-state index < -0.39 is 17.9 Å². The zero-order valence-electron chi connectivity index (χ0n) is 9.99. The number of urea groups is 1. The number of carbonyl (C=O) groups is 3. The minimum absolute atomic E-state index is 0.00810. The molecule has 0 atom stereocenters. The number of hydrogen-bond acceptors (Lipinski definition) is 5. The molecule has 1 rings (SSSR count). The fourth-order valence-corrected chi connectivity index (χ4v) is 1.20. The lowest BCUT2D eigenvalue weighted by Gasteiger charge is -2.14. The molecule has 0 radical (unpaired) electrons. The molecule has 0 unspecified atom stereocenters. The number of rotatable bonds is 5. The van der Waals surface area contributed by atoms with E-state index in [1.165, 1.54) is 12.0 Å². The number of nitrogens with zero attached hydrogens (tertiary/aromatic N) is 1. The van der Waals surface area contributed by atoms with Gasteiger partial charge in [0.1, 0.15) is 0 Å². The third-order valence-electron chi connectivity index (χ3n) is 2.21. The number of carbonyl (C=O) groups excluding carboxylic acids is 3. The molecular weight excluding hydrogens is 226 g/mol. The summed E-state index contributed by atoms with van der Waals surface area (Å²) in [7, 11) is 2.87. The molecule has 0 spiro atoms. The van der Waals surface area contributed by atoms with Gasteiger partial charge in [0.25, 0.3) is 0 Å². The average molecular weight is 243 g/mol. The summed E-state index contributed by atoms with van der Waals surface area (Å²) in [5.41, 5.74) is 0. The van der Waals surface area contributed by atoms with Gasteiger partial charge < -0.3 is 10.1 Å². The van der Waals surface area contributed by atoms with Gasteiger partial charge in [-0.1, -0.05) is 0 Å². The fourth-order valence-electron chi connectivity index (χ4n) is 1.20. The van der Waals surface area contributed by atoms with E-state index in [1.807, 2.05) is 0 Å². The number of imide groups is 1. The van der Waals surface area contributed by atoms with E-state index in [0.29, 0.717) is 0 Å². The fraction of sp³-hybridized carbons (Fsp3) is 0.700. The Hall–Kier alpha value is -1.63. The summed E-state index contributed by atoms with van der Waals surface area (Å²) in [6, 6.07) is -0.278. The lowest BCUT2D eigenvalue weighted by molar-refractivity contribution is -0.141. The van der Waals surface area contributed by atoms with Crippen molar-refractivity contribution in [2.45, 2.75) is 18.9 Å². The van der Waals surface area contributed by atoms with Crippen LogP contribution in [-0.4, -0.2) is 56.1 Å². The Labute approximate surface area is 99.5 Å². The van der Waals surface area contributed by atoms with Crippen molar-refractivity contribution < 1.29 is 19.1 Å². The molecule has 1 saturated carbocycles. The number of esters is 1. The molecule has 3 amide bonds. The maximum Gasteiger partial charge on any atom is 0.321 e. The minimum Gasteiger partial charge on any atom is -0.468 e. The molecule has 0 heterocycles. The van der Waals surface area contributed by atoms with Crippen LogP contribution in [0, 0.1) is 0 Å². The second-order valence-corrected chi connectivity index (χ2v) is 4.04. The molecular formula is C10H17N3O4. The molecule has 1 fully saturated rings. The van der Waals surface area contributed by atoms with Crippen LogP contribution in [0.1, 0.15) is 12.8 Å². The van der Waals surface area contributed by atoms with Crippen molar-refractivity contribution >= 4 is 17.9 Å². The molecule has 0 bridgehead atoms. The second kappa shape index (κ2) is 6.19. The van der Waals surface area contributed by atoms with E-state index in [1.54, 1.807) is 7.05 Å². The number of likely N-dealkylation sites (N-methyl/N-ethyl adjacent to an activating group) is 1. The van der Waals surface area contributed by atoms with Crippen molar-refractivity contribution in [3.05, 3.63) is 0 Å². The summed E-state index contributed by atoms with van der Waals surface area (Å²) in [5, 5.41) is 4.82. The Bertz CT molecular complexity index is 315. The van der Waals surface area contributed by atoms with E-state index in [4.69, 9.17) is 0 Å². The molecule has 0 aromatic carbocycles. The Morgan fingerprint density at radius 3 is 2.47 bits per heavy atom. The first-order valence-electron chi connectivity index (χ1n) is 5.37. The van der Waals surface area contributed by atoms with E-state index in [-0.39, 0.29) is 19.1 Å². The summed E-state index contributed by atoms with van der Waals surface area (Å²) in [6.45, 7) is -0.0264. The number of hydrogen-bond donors (Lipinski definition) is 2. The van der Waals surface area contributed by atoms with Gasteiger partial charge in [-0.05, 0) is 19.9 Å². The van der Waals surface area contributed by atoms with Gasteiger partial charge in [0.05, 0.1) is 20.2 Å². The van der Waals surface area contributed by atoms with Crippen molar-refractivity contribution in [2.24, 2.45) is 0 Å². The highest BCUT2D eigenvalue weighted by molar-refractivity contribution is 5.95. The predicted molar refractivity (Wildman–Crippen MR) is 59.2 cm³/mol. The zero-order valence-corrected chi connectivity index (χ0v) is 9.99. The van der Waals surface area contributed by atoms with Crippen molar-refractivity contribution in [3.63, 3.8) is 0 Å². The van der Waals surface area contributed by atoms with E-state index in [0.717, 1.165) is 12.8 Å². The van der Waals surface area contributed by atoms with Crippen LogP contribution in [0.2, 0.25) is 0 Å². The number of amides is 3. The highest BCUT2D eigenvalue weighted by atomic mass is 16.5. The normalized spacial score (nSPS) is 14.3. The average Bonchev–Trinajstić information content (AvgIpc) is 3.00. The van der Waals surface area contributed by atoms with Gasteiger partial charge in [0.2, 0.25) is 5.91 Å². The maximum absolute atomic E-state index is 11.4. The van der Waals surface area contributed by atoms with Crippen molar-refractivity contribution in [3.8, 4) is 0 Å². The van der Waals surface area contributed by atoms with Gasteiger partial charge in [-0.3, -0.25) is 19.8 Å². The van der Waals surface area contributed by atoms with Gasteiger partial charge in [-0.2, -0.15) is 0 Å². The first-order chi connectivity index (χ1) is 8.01. The summed E-state index contributed by atoms with van der Waals surface area (Å²) < 4.78 is 4.45. The second-order valence-electron chi connectivity index (χ2n) is 4.04. The molecule has 0 aromatic heterocycles. The number of nitrogens with one attached hydrogen (secondary N) is 2. The summed E-state index contributed by atoms with van der Waals surface area (Å²) in [6.07, 6.45) is 1.92. The maximum atomic E-state index is 11.4. The van der Waals surface area contributed by atoms with Crippen LogP contribution in [0.25, 0.3) is 0 Å². The Morgan fingerprint density at radius 2 is 1.94 bits per heavy atom. The van der Waals surface area contributed by atoms with Crippen LogP contribution in [0.15, 0.2) is 0 Å². The van der Waals surface area contributed by atoms with E-state index in [9.17, 15) is 14.4 Å². The molecule has 1 aliphatic carbocycles. The van der Waals surface area contributed by atoms with Crippen LogP contribution in [0.3, 0.4) is 0 Å². The molecule has 0 saturated heterocycles. The topological polar surface area (TPSA) is 87.7 Å². The number of methoxy groups -OCH3 is 1. The largest absolute Gasteiger partial charge is 0.468 e. The van der Waals surface area contributed by atoms with Crippen molar-refractivity contribution in [2.75, 3.05) is 27.2 Å². The van der Waals surface area contributed by atoms with Crippen LogP contribution < -0.4 is 10.6 Å².